The number of ether oxygens (including phenoxy) is 2. The summed E-state index contributed by atoms with van der Waals surface area (Å²) in [5, 5.41) is 12.7. The standard InChI is InChI=1S/C28H40N4O7S/c1-18(2)29-28(35)31(5)16-26-19(3)15-32(20(4)17-33)27(34)14-21-13-22(7-12-25(21)39-26)30-40(36,37)24-10-8-23(38-6)9-11-24/h7-13,18-20,26,30,33H,14-17H2,1-6H3,(H,29,35)/t19-,20-,26+/m0/s1. The van der Waals surface area contributed by atoms with E-state index in [2.05, 4.69) is 10.0 Å². The Kier molecular flexibility index (Phi) is 10.3. The fraction of sp³-hybridized carbons (Fsp3) is 0.500. The average Bonchev–Trinajstić information content (AvgIpc) is 2.95. The van der Waals surface area contributed by atoms with E-state index in [4.69, 9.17) is 9.47 Å². The first kappa shape index (κ1) is 31.0. The molecule has 0 unspecified atom stereocenters. The van der Waals surface area contributed by atoms with Crippen molar-refractivity contribution in [3.8, 4) is 11.5 Å². The molecule has 2 aromatic carbocycles. The largest absolute Gasteiger partial charge is 0.497 e. The molecule has 3 N–H and O–H groups in total. The van der Waals surface area contributed by atoms with Gasteiger partial charge in [-0.3, -0.25) is 9.52 Å². The number of rotatable bonds is 9. The molecular weight excluding hydrogens is 536 g/mol. The molecule has 1 heterocycles. The number of anilines is 1. The van der Waals surface area contributed by atoms with E-state index in [1.165, 1.54) is 24.1 Å². The van der Waals surface area contributed by atoms with Crippen LogP contribution in [0.15, 0.2) is 47.4 Å². The highest BCUT2D eigenvalue weighted by atomic mass is 32.2. The highest BCUT2D eigenvalue weighted by molar-refractivity contribution is 7.92. The smallest absolute Gasteiger partial charge is 0.317 e. The summed E-state index contributed by atoms with van der Waals surface area (Å²) in [5.74, 6) is 0.546. The number of fused-ring (bicyclic) bond motifs is 1. The molecule has 3 rings (SSSR count). The van der Waals surface area contributed by atoms with Crippen LogP contribution < -0.4 is 19.5 Å². The second-order valence-corrected chi connectivity index (χ2v) is 12.2. The molecule has 0 aromatic heterocycles. The Morgan fingerprint density at radius 1 is 1.20 bits per heavy atom. The zero-order valence-electron chi connectivity index (χ0n) is 23.9. The molecule has 0 bridgehead atoms. The zero-order chi connectivity index (χ0) is 29.6. The molecule has 220 valence electrons. The number of carbonyl (C=O) groups is 2. The zero-order valence-corrected chi connectivity index (χ0v) is 24.7. The van der Waals surface area contributed by atoms with Crippen LogP contribution >= 0.6 is 0 Å². The number of urea groups is 1. The number of hydrogen-bond acceptors (Lipinski definition) is 7. The van der Waals surface area contributed by atoms with Crippen molar-refractivity contribution in [2.24, 2.45) is 5.92 Å². The van der Waals surface area contributed by atoms with Crippen LogP contribution in [0.2, 0.25) is 0 Å². The van der Waals surface area contributed by atoms with Crippen LogP contribution in [0.25, 0.3) is 0 Å². The Labute approximate surface area is 236 Å². The van der Waals surface area contributed by atoms with Crippen molar-refractivity contribution in [1.29, 1.82) is 0 Å². The van der Waals surface area contributed by atoms with Crippen LogP contribution in [-0.4, -0.2) is 87.3 Å². The summed E-state index contributed by atoms with van der Waals surface area (Å²) < 4.78 is 40.1. The average molecular weight is 577 g/mol. The van der Waals surface area contributed by atoms with E-state index >= 15 is 0 Å². The van der Waals surface area contributed by atoms with Crippen LogP contribution in [0.4, 0.5) is 10.5 Å². The molecule has 3 amide bonds. The number of nitrogens with one attached hydrogen (secondary N) is 2. The van der Waals surface area contributed by atoms with E-state index in [9.17, 15) is 23.1 Å². The summed E-state index contributed by atoms with van der Waals surface area (Å²) >= 11 is 0. The maximum Gasteiger partial charge on any atom is 0.317 e. The molecule has 0 aliphatic carbocycles. The number of benzene rings is 2. The highest BCUT2D eigenvalue weighted by Crippen LogP contribution is 2.30. The maximum atomic E-state index is 13.4. The van der Waals surface area contributed by atoms with Crippen LogP contribution in [0.3, 0.4) is 0 Å². The van der Waals surface area contributed by atoms with Crippen LogP contribution in [-0.2, 0) is 21.2 Å². The lowest BCUT2D eigenvalue weighted by atomic mass is 10.0. The SMILES string of the molecule is COc1ccc(S(=O)(=O)Nc2ccc3c(c2)CC(=O)N([C@@H](C)CO)C[C@H](C)[C@@H](CN(C)C(=O)NC(C)C)O3)cc1. The summed E-state index contributed by atoms with van der Waals surface area (Å²) in [7, 11) is -0.735. The van der Waals surface area contributed by atoms with Gasteiger partial charge in [-0.15, -0.1) is 0 Å². The molecule has 40 heavy (non-hydrogen) atoms. The first-order valence-electron chi connectivity index (χ1n) is 13.2. The predicted molar refractivity (Wildman–Crippen MR) is 152 cm³/mol. The molecule has 1 aliphatic heterocycles. The number of methoxy groups -OCH3 is 1. The van der Waals surface area contributed by atoms with Gasteiger partial charge in [-0.05, 0) is 63.2 Å². The minimum Gasteiger partial charge on any atom is -0.497 e. The van der Waals surface area contributed by atoms with Crippen molar-refractivity contribution in [3.05, 3.63) is 48.0 Å². The van der Waals surface area contributed by atoms with E-state index < -0.39 is 22.2 Å². The number of amides is 3. The van der Waals surface area contributed by atoms with Crippen molar-refractivity contribution in [3.63, 3.8) is 0 Å². The first-order valence-corrected chi connectivity index (χ1v) is 14.7. The van der Waals surface area contributed by atoms with Crippen LogP contribution in [0.1, 0.15) is 33.3 Å². The van der Waals surface area contributed by atoms with Gasteiger partial charge < -0.3 is 29.7 Å². The fourth-order valence-electron chi connectivity index (χ4n) is 4.39. The Morgan fingerprint density at radius 2 is 1.88 bits per heavy atom. The predicted octanol–water partition coefficient (Wildman–Crippen LogP) is 2.69. The van der Waals surface area contributed by atoms with E-state index in [0.29, 0.717) is 23.6 Å². The van der Waals surface area contributed by atoms with Crippen molar-refractivity contribution in [1.82, 2.24) is 15.1 Å². The first-order chi connectivity index (χ1) is 18.8. The summed E-state index contributed by atoms with van der Waals surface area (Å²) in [6, 6.07) is 10.1. The Hall–Kier alpha value is -3.51. The molecule has 12 heteroatoms. The van der Waals surface area contributed by atoms with Gasteiger partial charge in [0.05, 0.1) is 37.6 Å². The summed E-state index contributed by atoms with van der Waals surface area (Å²) in [5.41, 5.74) is 0.758. The number of aliphatic hydroxyl groups excluding tert-OH is 1. The third-order valence-electron chi connectivity index (χ3n) is 6.75. The van der Waals surface area contributed by atoms with Crippen LogP contribution in [0, 0.1) is 5.92 Å². The van der Waals surface area contributed by atoms with Crippen LogP contribution in [0.5, 0.6) is 11.5 Å². The molecule has 2 aromatic rings. The molecular formula is C28H40N4O7S. The summed E-state index contributed by atoms with van der Waals surface area (Å²) in [6.07, 6.45) is -0.538. The molecule has 1 aliphatic rings. The number of aliphatic hydroxyl groups is 1. The fourth-order valence-corrected chi connectivity index (χ4v) is 5.44. The highest BCUT2D eigenvalue weighted by Gasteiger charge is 2.32. The number of hydrogen-bond donors (Lipinski definition) is 3. The lowest BCUT2D eigenvalue weighted by molar-refractivity contribution is -0.134. The van der Waals surface area contributed by atoms with Gasteiger partial charge in [0.1, 0.15) is 17.6 Å². The molecule has 0 radical (unpaired) electrons. The third-order valence-corrected chi connectivity index (χ3v) is 8.15. The van der Waals surface area contributed by atoms with Gasteiger partial charge in [0.25, 0.3) is 10.0 Å². The maximum absolute atomic E-state index is 13.4. The molecule has 0 saturated heterocycles. The van der Waals surface area contributed by atoms with Gasteiger partial charge in [-0.1, -0.05) is 6.92 Å². The van der Waals surface area contributed by atoms with E-state index in [1.807, 2.05) is 20.8 Å². The lowest BCUT2D eigenvalue weighted by Gasteiger charge is -2.34. The molecule has 0 saturated carbocycles. The minimum atomic E-state index is -3.91. The second-order valence-electron chi connectivity index (χ2n) is 10.5. The number of carbonyl (C=O) groups excluding carboxylic acids is 2. The molecule has 0 fully saturated rings. The second kappa shape index (κ2) is 13.2. The third kappa shape index (κ3) is 7.79. The Morgan fingerprint density at radius 3 is 2.48 bits per heavy atom. The monoisotopic (exact) mass is 576 g/mol. The minimum absolute atomic E-state index is 0.0341. The van der Waals surface area contributed by atoms with Gasteiger partial charge >= 0.3 is 6.03 Å². The van der Waals surface area contributed by atoms with E-state index in [-0.39, 0.29) is 54.1 Å². The number of nitrogens with zero attached hydrogens (tertiary/aromatic N) is 2. The summed E-state index contributed by atoms with van der Waals surface area (Å²) in [4.78, 5) is 29.2. The lowest BCUT2D eigenvalue weighted by Crippen LogP contribution is -2.49. The summed E-state index contributed by atoms with van der Waals surface area (Å²) in [6.45, 7) is 7.81. The quantitative estimate of drug-likeness (QED) is 0.417. The Bertz CT molecular complexity index is 1280. The van der Waals surface area contributed by atoms with E-state index in [0.717, 1.165) is 0 Å². The molecule has 3 atom stereocenters. The van der Waals surface area contributed by atoms with Gasteiger partial charge in [0, 0.05) is 36.8 Å². The van der Waals surface area contributed by atoms with Crippen molar-refractivity contribution >= 4 is 27.6 Å². The van der Waals surface area contributed by atoms with Gasteiger partial charge in [0.2, 0.25) is 5.91 Å². The van der Waals surface area contributed by atoms with Gasteiger partial charge in [-0.25, -0.2) is 13.2 Å². The Balaban J connectivity index is 1.94. The number of sulfonamides is 1. The van der Waals surface area contributed by atoms with Gasteiger partial charge in [0.15, 0.2) is 0 Å². The molecule has 0 spiro atoms. The number of likely N-dealkylation sites (N-methyl/N-ethyl adjacent to an activating group) is 1. The van der Waals surface area contributed by atoms with E-state index in [1.54, 1.807) is 49.2 Å². The van der Waals surface area contributed by atoms with Crippen molar-refractivity contribution in [2.45, 2.75) is 57.2 Å². The van der Waals surface area contributed by atoms with Crippen molar-refractivity contribution in [2.75, 3.05) is 38.6 Å². The normalized spacial score (nSPS) is 18.5. The van der Waals surface area contributed by atoms with Gasteiger partial charge in [-0.2, -0.15) is 0 Å². The van der Waals surface area contributed by atoms with Crippen molar-refractivity contribution < 1.29 is 32.6 Å². The molecule has 11 nitrogen and oxygen atoms in total. The topological polar surface area (TPSA) is 138 Å².